The number of amides is 2. The second-order valence-electron chi connectivity index (χ2n) is 6.40. The maximum absolute atomic E-state index is 11.7. The monoisotopic (exact) mass is 318 g/mol. The Labute approximate surface area is 137 Å². The van der Waals surface area contributed by atoms with Gasteiger partial charge in [0.2, 0.25) is 11.8 Å². The molecule has 2 amide bonds. The van der Waals surface area contributed by atoms with Crippen molar-refractivity contribution in [1.29, 1.82) is 0 Å². The van der Waals surface area contributed by atoms with Crippen molar-refractivity contribution in [2.45, 2.75) is 38.8 Å². The molecule has 0 aromatic heterocycles. The molecular formula is C17H26N4O2. The quantitative estimate of drug-likeness (QED) is 0.730. The third-order valence-electron chi connectivity index (χ3n) is 4.06. The zero-order chi connectivity index (χ0) is 16.8. The van der Waals surface area contributed by atoms with Gasteiger partial charge in [-0.05, 0) is 44.0 Å². The molecule has 0 spiro atoms. The van der Waals surface area contributed by atoms with Gasteiger partial charge in [-0.15, -0.1) is 0 Å². The smallest absolute Gasteiger partial charge is 0.225 e. The number of carbonyl (C=O) groups is 2. The fraction of sp³-hybridized carbons (Fsp3) is 0.529. The van der Waals surface area contributed by atoms with Gasteiger partial charge in [0.05, 0.1) is 5.92 Å². The SMILES string of the molecule is CC(N)CC(=O)Nc1ccc(CN2CCCC(C(N)=O)C2)cc1. The van der Waals surface area contributed by atoms with E-state index in [1.807, 2.05) is 24.3 Å². The molecule has 1 heterocycles. The van der Waals surface area contributed by atoms with E-state index in [0.717, 1.165) is 43.7 Å². The molecule has 2 atom stereocenters. The molecule has 5 N–H and O–H groups in total. The summed E-state index contributed by atoms with van der Waals surface area (Å²) in [6.45, 7) is 4.30. The Morgan fingerprint density at radius 2 is 2.04 bits per heavy atom. The number of hydrogen-bond donors (Lipinski definition) is 3. The van der Waals surface area contributed by atoms with Gasteiger partial charge in [0.1, 0.15) is 0 Å². The van der Waals surface area contributed by atoms with E-state index < -0.39 is 0 Å². The van der Waals surface area contributed by atoms with Crippen LogP contribution in [0.15, 0.2) is 24.3 Å². The maximum atomic E-state index is 11.7. The van der Waals surface area contributed by atoms with E-state index in [2.05, 4.69) is 10.2 Å². The first-order valence-corrected chi connectivity index (χ1v) is 8.10. The average molecular weight is 318 g/mol. The van der Waals surface area contributed by atoms with E-state index >= 15 is 0 Å². The first kappa shape index (κ1) is 17.4. The Morgan fingerprint density at radius 1 is 1.35 bits per heavy atom. The number of nitrogens with two attached hydrogens (primary N) is 2. The predicted octanol–water partition coefficient (Wildman–Crippen LogP) is 1.06. The van der Waals surface area contributed by atoms with Crippen LogP contribution in [0.1, 0.15) is 31.7 Å². The minimum Gasteiger partial charge on any atom is -0.369 e. The van der Waals surface area contributed by atoms with Crippen LogP contribution in [0, 0.1) is 5.92 Å². The number of piperidine rings is 1. The van der Waals surface area contributed by atoms with Gasteiger partial charge in [-0.3, -0.25) is 14.5 Å². The molecule has 1 saturated heterocycles. The summed E-state index contributed by atoms with van der Waals surface area (Å²) < 4.78 is 0. The summed E-state index contributed by atoms with van der Waals surface area (Å²) in [5.74, 6) is -0.324. The third kappa shape index (κ3) is 5.65. The topological polar surface area (TPSA) is 101 Å². The predicted molar refractivity (Wildman–Crippen MR) is 90.5 cm³/mol. The van der Waals surface area contributed by atoms with Crippen molar-refractivity contribution in [3.8, 4) is 0 Å². The van der Waals surface area contributed by atoms with E-state index in [1.165, 1.54) is 0 Å². The van der Waals surface area contributed by atoms with Crippen LogP contribution in [-0.2, 0) is 16.1 Å². The zero-order valence-electron chi connectivity index (χ0n) is 13.6. The summed E-state index contributed by atoms with van der Waals surface area (Å²) in [6.07, 6.45) is 2.19. The van der Waals surface area contributed by atoms with E-state index in [9.17, 15) is 9.59 Å². The standard InChI is InChI=1S/C17H26N4O2/c1-12(18)9-16(22)20-15-6-4-13(5-7-15)10-21-8-2-3-14(11-21)17(19)23/h4-7,12,14H,2-3,8-11,18H2,1H3,(H2,19,23)(H,20,22). The van der Waals surface area contributed by atoms with Crippen LogP contribution in [0.2, 0.25) is 0 Å². The lowest BCUT2D eigenvalue weighted by molar-refractivity contribution is -0.123. The fourth-order valence-electron chi connectivity index (χ4n) is 2.89. The fourth-order valence-corrected chi connectivity index (χ4v) is 2.89. The second kappa shape index (κ2) is 8.08. The van der Waals surface area contributed by atoms with Crippen molar-refractivity contribution in [1.82, 2.24) is 4.90 Å². The molecule has 6 heteroatoms. The second-order valence-corrected chi connectivity index (χ2v) is 6.40. The van der Waals surface area contributed by atoms with Gasteiger partial charge in [-0.1, -0.05) is 12.1 Å². The molecule has 0 aliphatic carbocycles. The highest BCUT2D eigenvalue weighted by Crippen LogP contribution is 2.19. The van der Waals surface area contributed by atoms with E-state index in [-0.39, 0.29) is 23.8 Å². The minimum atomic E-state index is -0.207. The number of benzene rings is 1. The molecule has 126 valence electrons. The molecule has 1 aromatic rings. The normalized spacial score (nSPS) is 20.0. The number of likely N-dealkylation sites (tertiary alicyclic amines) is 1. The lowest BCUT2D eigenvalue weighted by Gasteiger charge is -2.31. The number of nitrogens with zero attached hydrogens (tertiary/aromatic N) is 1. The average Bonchev–Trinajstić information content (AvgIpc) is 2.48. The summed E-state index contributed by atoms with van der Waals surface area (Å²) in [5.41, 5.74) is 12.9. The Morgan fingerprint density at radius 3 is 2.65 bits per heavy atom. The largest absolute Gasteiger partial charge is 0.369 e. The van der Waals surface area contributed by atoms with Gasteiger partial charge in [-0.2, -0.15) is 0 Å². The maximum Gasteiger partial charge on any atom is 0.225 e. The number of primary amides is 1. The lowest BCUT2D eigenvalue weighted by Crippen LogP contribution is -2.40. The van der Waals surface area contributed by atoms with Crippen molar-refractivity contribution in [3.63, 3.8) is 0 Å². The number of carbonyl (C=O) groups excluding carboxylic acids is 2. The first-order chi connectivity index (χ1) is 10.9. The minimum absolute atomic E-state index is 0.0411. The summed E-state index contributed by atoms with van der Waals surface area (Å²) in [4.78, 5) is 25.3. The van der Waals surface area contributed by atoms with Crippen molar-refractivity contribution >= 4 is 17.5 Å². The first-order valence-electron chi connectivity index (χ1n) is 8.10. The third-order valence-corrected chi connectivity index (χ3v) is 4.06. The van der Waals surface area contributed by atoms with Crippen molar-refractivity contribution in [3.05, 3.63) is 29.8 Å². The number of anilines is 1. The molecule has 0 bridgehead atoms. The molecule has 6 nitrogen and oxygen atoms in total. The highest BCUT2D eigenvalue weighted by molar-refractivity contribution is 5.91. The molecule has 0 saturated carbocycles. The highest BCUT2D eigenvalue weighted by atomic mass is 16.2. The van der Waals surface area contributed by atoms with E-state index in [1.54, 1.807) is 6.92 Å². The highest BCUT2D eigenvalue weighted by Gasteiger charge is 2.23. The van der Waals surface area contributed by atoms with Gasteiger partial charge in [-0.25, -0.2) is 0 Å². The Hall–Kier alpha value is -1.92. The van der Waals surface area contributed by atoms with Crippen LogP contribution < -0.4 is 16.8 Å². The molecule has 2 rings (SSSR count). The Balaban J connectivity index is 1.87. The van der Waals surface area contributed by atoms with Crippen LogP contribution in [0.5, 0.6) is 0 Å². The van der Waals surface area contributed by atoms with E-state index in [4.69, 9.17) is 11.5 Å². The molecule has 1 aliphatic heterocycles. The lowest BCUT2D eigenvalue weighted by atomic mass is 9.97. The van der Waals surface area contributed by atoms with Crippen LogP contribution in [0.4, 0.5) is 5.69 Å². The molecule has 1 fully saturated rings. The number of hydrogen-bond acceptors (Lipinski definition) is 4. The summed E-state index contributed by atoms with van der Waals surface area (Å²) in [5, 5.41) is 2.83. The summed E-state index contributed by atoms with van der Waals surface area (Å²) in [6, 6.07) is 7.63. The molecule has 1 aliphatic rings. The summed E-state index contributed by atoms with van der Waals surface area (Å²) >= 11 is 0. The number of nitrogens with one attached hydrogen (secondary N) is 1. The van der Waals surface area contributed by atoms with Crippen LogP contribution >= 0.6 is 0 Å². The van der Waals surface area contributed by atoms with Crippen molar-refractivity contribution in [2.24, 2.45) is 17.4 Å². The van der Waals surface area contributed by atoms with Crippen molar-refractivity contribution < 1.29 is 9.59 Å². The van der Waals surface area contributed by atoms with Gasteiger partial charge < -0.3 is 16.8 Å². The Kier molecular flexibility index (Phi) is 6.12. The van der Waals surface area contributed by atoms with Crippen LogP contribution in [0.25, 0.3) is 0 Å². The van der Waals surface area contributed by atoms with Crippen molar-refractivity contribution in [2.75, 3.05) is 18.4 Å². The molecular weight excluding hydrogens is 292 g/mol. The molecule has 0 radical (unpaired) electrons. The number of rotatable bonds is 6. The summed E-state index contributed by atoms with van der Waals surface area (Å²) in [7, 11) is 0. The van der Waals surface area contributed by atoms with Gasteiger partial charge in [0.15, 0.2) is 0 Å². The van der Waals surface area contributed by atoms with Gasteiger partial charge >= 0.3 is 0 Å². The van der Waals surface area contributed by atoms with Gasteiger partial charge in [0.25, 0.3) is 0 Å². The van der Waals surface area contributed by atoms with Crippen LogP contribution in [-0.4, -0.2) is 35.8 Å². The van der Waals surface area contributed by atoms with Gasteiger partial charge in [0, 0.05) is 31.2 Å². The molecule has 1 aromatic carbocycles. The molecule has 23 heavy (non-hydrogen) atoms. The molecule has 2 unspecified atom stereocenters. The Bertz CT molecular complexity index is 542. The van der Waals surface area contributed by atoms with Crippen LogP contribution in [0.3, 0.4) is 0 Å². The van der Waals surface area contributed by atoms with E-state index in [0.29, 0.717) is 6.42 Å². The zero-order valence-corrected chi connectivity index (χ0v) is 13.6.